The number of hydrogen-bond acceptors (Lipinski definition) is 3. The Balaban J connectivity index is 2.37. The van der Waals surface area contributed by atoms with Crippen LogP contribution in [0.2, 0.25) is 0 Å². The molecule has 2 N–H and O–H groups in total. The second-order valence-electron chi connectivity index (χ2n) is 4.48. The largest absolute Gasteiger partial charge is 0.480 e. The number of hydrogen-bond donors (Lipinski definition) is 2. The molecule has 88 valence electrons. The van der Waals surface area contributed by atoms with Gasteiger partial charge >= 0.3 is 5.97 Å². The number of nitrogens with zero attached hydrogens (tertiary/aromatic N) is 2. The summed E-state index contributed by atoms with van der Waals surface area (Å²) in [5.74, 6) is -0.249. The molecule has 0 spiro atoms. The van der Waals surface area contributed by atoms with Gasteiger partial charge in [-0.1, -0.05) is 0 Å². The fraction of sp³-hybridized carbons (Fsp3) is 0.636. The first-order chi connectivity index (χ1) is 7.56. The van der Waals surface area contributed by atoms with Gasteiger partial charge in [-0.05, 0) is 25.7 Å². The Morgan fingerprint density at radius 3 is 2.62 bits per heavy atom. The number of aliphatic hydroxyl groups is 1. The van der Waals surface area contributed by atoms with Gasteiger partial charge < -0.3 is 14.8 Å². The van der Waals surface area contributed by atoms with Crippen molar-refractivity contribution in [3.63, 3.8) is 0 Å². The molecule has 1 aromatic rings. The Hall–Kier alpha value is -1.36. The van der Waals surface area contributed by atoms with E-state index in [4.69, 9.17) is 0 Å². The molecule has 5 heteroatoms. The Bertz CT molecular complexity index is 392. The minimum atomic E-state index is -0.919. The molecule has 1 aliphatic rings. The molecule has 0 amide bonds. The molecule has 0 aromatic carbocycles. The Kier molecular flexibility index (Phi) is 2.71. The summed E-state index contributed by atoms with van der Waals surface area (Å²) in [7, 11) is 1.80. The molecule has 16 heavy (non-hydrogen) atoms. The van der Waals surface area contributed by atoms with Crippen molar-refractivity contribution in [3.05, 3.63) is 18.2 Å². The molecule has 0 atom stereocenters. The van der Waals surface area contributed by atoms with E-state index in [1.54, 1.807) is 24.0 Å². The topological polar surface area (TPSA) is 75.4 Å². The van der Waals surface area contributed by atoms with Crippen molar-refractivity contribution in [2.75, 3.05) is 0 Å². The van der Waals surface area contributed by atoms with Crippen molar-refractivity contribution < 1.29 is 15.0 Å². The third kappa shape index (κ3) is 1.61. The number of aromatic nitrogens is 2. The number of aliphatic hydroxyl groups excluding tert-OH is 1. The number of carboxylic acid groups (broad SMARTS) is 1. The lowest BCUT2D eigenvalue weighted by molar-refractivity contribution is -0.146. The lowest BCUT2D eigenvalue weighted by atomic mass is 9.72. The lowest BCUT2D eigenvalue weighted by Gasteiger charge is -2.34. The normalized spacial score (nSPS) is 30.2. The SMILES string of the molecule is Cn1ccnc1C1(C(=O)O)CCC(O)CC1. The maximum atomic E-state index is 11.5. The van der Waals surface area contributed by atoms with Crippen LogP contribution in [-0.4, -0.2) is 31.8 Å². The summed E-state index contributed by atoms with van der Waals surface area (Å²) in [6.45, 7) is 0. The molecule has 5 nitrogen and oxygen atoms in total. The molecule has 2 rings (SSSR count). The Morgan fingerprint density at radius 1 is 1.56 bits per heavy atom. The highest BCUT2D eigenvalue weighted by Crippen LogP contribution is 2.38. The van der Waals surface area contributed by atoms with Crippen LogP contribution in [0.4, 0.5) is 0 Å². The van der Waals surface area contributed by atoms with Crippen molar-refractivity contribution in [2.45, 2.75) is 37.2 Å². The minimum Gasteiger partial charge on any atom is -0.480 e. The first kappa shape index (κ1) is 11.1. The molecule has 0 aliphatic heterocycles. The second kappa shape index (κ2) is 3.90. The van der Waals surface area contributed by atoms with Gasteiger partial charge in [0.25, 0.3) is 0 Å². The summed E-state index contributed by atoms with van der Waals surface area (Å²) in [6, 6.07) is 0. The zero-order valence-corrected chi connectivity index (χ0v) is 9.26. The number of aliphatic carboxylic acids is 1. The van der Waals surface area contributed by atoms with E-state index in [1.807, 2.05) is 0 Å². The van der Waals surface area contributed by atoms with Crippen LogP contribution in [0.3, 0.4) is 0 Å². The molecule has 0 unspecified atom stereocenters. The fourth-order valence-corrected chi connectivity index (χ4v) is 2.46. The van der Waals surface area contributed by atoms with Gasteiger partial charge in [0.15, 0.2) is 0 Å². The quantitative estimate of drug-likeness (QED) is 0.774. The Morgan fingerprint density at radius 2 is 2.19 bits per heavy atom. The minimum absolute atomic E-state index is 0.368. The van der Waals surface area contributed by atoms with Crippen molar-refractivity contribution in [2.24, 2.45) is 7.05 Å². The van der Waals surface area contributed by atoms with E-state index in [-0.39, 0.29) is 6.10 Å². The molecular formula is C11H16N2O3. The molecular weight excluding hydrogens is 208 g/mol. The van der Waals surface area contributed by atoms with Crippen LogP contribution in [0.5, 0.6) is 0 Å². The first-order valence-electron chi connectivity index (χ1n) is 5.45. The van der Waals surface area contributed by atoms with E-state index in [2.05, 4.69) is 4.98 Å². The third-order valence-electron chi connectivity index (χ3n) is 3.47. The monoisotopic (exact) mass is 224 g/mol. The van der Waals surface area contributed by atoms with Gasteiger partial charge in [-0.2, -0.15) is 0 Å². The van der Waals surface area contributed by atoms with Crippen LogP contribution in [-0.2, 0) is 17.3 Å². The van der Waals surface area contributed by atoms with Crippen molar-refractivity contribution >= 4 is 5.97 Å². The smallest absolute Gasteiger partial charge is 0.317 e. The van der Waals surface area contributed by atoms with Crippen LogP contribution in [0.1, 0.15) is 31.5 Å². The van der Waals surface area contributed by atoms with E-state index in [0.717, 1.165) is 0 Å². The maximum absolute atomic E-state index is 11.5. The fourth-order valence-electron chi connectivity index (χ4n) is 2.46. The van der Waals surface area contributed by atoms with Crippen LogP contribution in [0.15, 0.2) is 12.4 Å². The summed E-state index contributed by atoms with van der Waals surface area (Å²) in [5.41, 5.74) is -0.919. The highest BCUT2D eigenvalue weighted by Gasteiger charge is 2.46. The molecule has 1 aromatic heterocycles. The average Bonchev–Trinajstić information content (AvgIpc) is 2.66. The second-order valence-corrected chi connectivity index (χ2v) is 4.48. The number of rotatable bonds is 2. The molecule has 0 saturated heterocycles. The molecule has 1 aliphatic carbocycles. The summed E-state index contributed by atoms with van der Waals surface area (Å²) in [4.78, 5) is 15.7. The summed E-state index contributed by atoms with van der Waals surface area (Å²) < 4.78 is 1.76. The van der Waals surface area contributed by atoms with Gasteiger partial charge in [-0.3, -0.25) is 4.79 Å². The van der Waals surface area contributed by atoms with Crippen LogP contribution >= 0.6 is 0 Å². The zero-order valence-electron chi connectivity index (χ0n) is 9.26. The third-order valence-corrected chi connectivity index (χ3v) is 3.47. The number of imidazole rings is 1. The number of carbonyl (C=O) groups is 1. The van der Waals surface area contributed by atoms with Crippen LogP contribution < -0.4 is 0 Å². The predicted octanol–water partition coefficient (Wildman–Crippen LogP) is 0.677. The van der Waals surface area contributed by atoms with E-state index in [0.29, 0.717) is 31.5 Å². The molecule has 1 saturated carbocycles. The summed E-state index contributed by atoms with van der Waals surface area (Å²) >= 11 is 0. The maximum Gasteiger partial charge on any atom is 0.317 e. The molecule has 0 radical (unpaired) electrons. The van der Waals surface area contributed by atoms with E-state index in [1.165, 1.54) is 0 Å². The first-order valence-corrected chi connectivity index (χ1v) is 5.45. The van der Waals surface area contributed by atoms with E-state index >= 15 is 0 Å². The van der Waals surface area contributed by atoms with Gasteiger partial charge in [-0.15, -0.1) is 0 Å². The lowest BCUT2D eigenvalue weighted by Crippen LogP contribution is -2.42. The zero-order chi connectivity index (χ0) is 11.8. The van der Waals surface area contributed by atoms with Gasteiger partial charge in [0.2, 0.25) is 0 Å². The highest BCUT2D eigenvalue weighted by molar-refractivity contribution is 5.80. The summed E-state index contributed by atoms with van der Waals surface area (Å²) in [6.07, 6.45) is 4.96. The van der Waals surface area contributed by atoms with Crippen molar-refractivity contribution in [1.29, 1.82) is 0 Å². The molecule has 0 bridgehead atoms. The van der Waals surface area contributed by atoms with Gasteiger partial charge in [-0.25, -0.2) is 4.98 Å². The number of carboxylic acids is 1. The van der Waals surface area contributed by atoms with Crippen LogP contribution in [0, 0.1) is 0 Å². The standard InChI is InChI=1S/C11H16N2O3/c1-13-7-6-12-9(13)11(10(15)16)4-2-8(14)3-5-11/h6-8,14H,2-5H2,1H3,(H,15,16). The van der Waals surface area contributed by atoms with Gasteiger partial charge in [0.05, 0.1) is 6.10 Å². The predicted molar refractivity (Wildman–Crippen MR) is 57.0 cm³/mol. The van der Waals surface area contributed by atoms with Gasteiger partial charge in [0, 0.05) is 19.4 Å². The van der Waals surface area contributed by atoms with Crippen molar-refractivity contribution in [1.82, 2.24) is 9.55 Å². The summed E-state index contributed by atoms with van der Waals surface area (Å²) in [5, 5.41) is 18.9. The van der Waals surface area contributed by atoms with Crippen molar-refractivity contribution in [3.8, 4) is 0 Å². The molecule has 1 heterocycles. The highest BCUT2D eigenvalue weighted by atomic mass is 16.4. The molecule has 1 fully saturated rings. The van der Waals surface area contributed by atoms with E-state index in [9.17, 15) is 15.0 Å². The Labute approximate surface area is 93.7 Å². The van der Waals surface area contributed by atoms with E-state index < -0.39 is 11.4 Å². The van der Waals surface area contributed by atoms with Gasteiger partial charge in [0.1, 0.15) is 11.2 Å². The number of aryl methyl sites for hydroxylation is 1. The average molecular weight is 224 g/mol. The van der Waals surface area contributed by atoms with Crippen LogP contribution in [0.25, 0.3) is 0 Å².